The third-order valence-electron chi connectivity index (χ3n) is 7.99. The Morgan fingerprint density at radius 3 is 2.22 bits per heavy atom. The van der Waals surface area contributed by atoms with E-state index < -0.39 is 0 Å². The molecule has 5 heteroatoms. The van der Waals surface area contributed by atoms with Gasteiger partial charge in [-0.15, -0.1) is 10.2 Å². The Morgan fingerprint density at radius 2 is 1.63 bits per heavy atom. The van der Waals surface area contributed by atoms with Crippen molar-refractivity contribution in [2.45, 2.75) is 101 Å². The monoisotopic (exact) mass is 387 g/mol. The average molecular weight is 388 g/mol. The van der Waals surface area contributed by atoms with Crippen molar-refractivity contribution in [1.29, 1.82) is 0 Å². The molecule has 5 saturated carbocycles. The van der Waals surface area contributed by atoms with E-state index in [9.17, 15) is 4.79 Å². The van der Waals surface area contributed by atoms with Crippen LogP contribution >= 0.6 is 11.8 Å². The lowest BCUT2D eigenvalue weighted by molar-refractivity contribution is -0.143. The zero-order chi connectivity index (χ0) is 18.6. The molecule has 0 amide bonds. The van der Waals surface area contributed by atoms with E-state index in [0.29, 0.717) is 11.8 Å². The summed E-state index contributed by atoms with van der Waals surface area (Å²) in [5.74, 6) is 4.00. The van der Waals surface area contributed by atoms with Crippen molar-refractivity contribution in [2.75, 3.05) is 0 Å². The van der Waals surface area contributed by atoms with Crippen LogP contribution in [0, 0.1) is 30.1 Å². The molecule has 1 unspecified atom stereocenters. The van der Waals surface area contributed by atoms with Crippen LogP contribution in [-0.4, -0.2) is 25.8 Å². The second kappa shape index (κ2) is 6.89. The second-order valence-corrected chi connectivity index (χ2v) is 11.3. The number of carbonyl (C=O) groups excluding carboxylic acids is 1. The molecular formula is C22H33N3OS. The third kappa shape index (κ3) is 3.18. The van der Waals surface area contributed by atoms with Crippen LogP contribution in [0.3, 0.4) is 0 Å². The molecule has 1 atom stereocenters. The van der Waals surface area contributed by atoms with E-state index in [0.717, 1.165) is 48.0 Å². The number of aromatic nitrogens is 3. The number of nitrogens with zero attached hydrogens (tertiary/aromatic N) is 3. The molecule has 0 radical (unpaired) electrons. The van der Waals surface area contributed by atoms with Crippen molar-refractivity contribution in [3.63, 3.8) is 0 Å². The van der Waals surface area contributed by atoms with Gasteiger partial charge >= 0.3 is 0 Å². The zero-order valence-corrected chi connectivity index (χ0v) is 17.6. The predicted molar refractivity (Wildman–Crippen MR) is 108 cm³/mol. The zero-order valence-electron chi connectivity index (χ0n) is 16.8. The van der Waals surface area contributed by atoms with Gasteiger partial charge in [0, 0.05) is 11.5 Å². The highest BCUT2D eigenvalue weighted by Gasteiger charge is 2.55. The summed E-state index contributed by atoms with van der Waals surface area (Å²) in [7, 11) is 0. The lowest BCUT2D eigenvalue weighted by Gasteiger charge is -2.56. The van der Waals surface area contributed by atoms with E-state index in [1.807, 2.05) is 0 Å². The molecule has 5 aliphatic carbocycles. The van der Waals surface area contributed by atoms with Crippen LogP contribution in [0.15, 0.2) is 5.16 Å². The van der Waals surface area contributed by atoms with Gasteiger partial charge in [-0.25, -0.2) is 0 Å². The smallest absolute Gasteiger partial charge is 0.192 e. The van der Waals surface area contributed by atoms with E-state index in [-0.39, 0.29) is 10.7 Å². The Labute approximate surface area is 167 Å². The van der Waals surface area contributed by atoms with Crippen molar-refractivity contribution < 1.29 is 4.79 Å². The lowest BCUT2D eigenvalue weighted by Crippen LogP contribution is -2.51. The van der Waals surface area contributed by atoms with Crippen LogP contribution in [0.5, 0.6) is 0 Å². The number of hydrogen-bond donors (Lipinski definition) is 0. The van der Waals surface area contributed by atoms with Gasteiger partial charge in [-0.1, -0.05) is 31.0 Å². The maximum Gasteiger partial charge on any atom is 0.192 e. The molecule has 5 fully saturated rings. The van der Waals surface area contributed by atoms with Gasteiger partial charge in [0.2, 0.25) is 0 Å². The van der Waals surface area contributed by atoms with Crippen molar-refractivity contribution in [2.24, 2.45) is 23.2 Å². The van der Waals surface area contributed by atoms with Crippen LogP contribution in [-0.2, 0) is 4.79 Å². The molecule has 0 N–H and O–H groups in total. The molecule has 1 aromatic heterocycles. The fraction of sp³-hybridized carbons (Fsp3) is 0.864. The summed E-state index contributed by atoms with van der Waals surface area (Å²) < 4.78 is 2.34. The minimum atomic E-state index is -0.00803. The van der Waals surface area contributed by atoms with Crippen LogP contribution in [0.1, 0.15) is 89.4 Å². The first-order valence-electron chi connectivity index (χ1n) is 11.2. The topological polar surface area (TPSA) is 47.8 Å². The van der Waals surface area contributed by atoms with Crippen molar-refractivity contribution in [3.05, 3.63) is 5.82 Å². The molecule has 4 nitrogen and oxygen atoms in total. The minimum Gasteiger partial charge on any atom is -0.303 e. The first-order chi connectivity index (χ1) is 13.0. The van der Waals surface area contributed by atoms with E-state index in [1.54, 1.807) is 11.8 Å². The van der Waals surface area contributed by atoms with E-state index in [2.05, 4.69) is 28.6 Å². The van der Waals surface area contributed by atoms with Gasteiger partial charge in [0.05, 0.1) is 5.25 Å². The van der Waals surface area contributed by atoms with E-state index in [1.165, 1.54) is 51.4 Å². The van der Waals surface area contributed by atoms with E-state index in [4.69, 9.17) is 0 Å². The number of hydrogen-bond acceptors (Lipinski definition) is 4. The highest BCUT2D eigenvalue weighted by Crippen LogP contribution is 2.61. The van der Waals surface area contributed by atoms with E-state index >= 15 is 0 Å². The van der Waals surface area contributed by atoms with Gasteiger partial charge in [-0.3, -0.25) is 4.79 Å². The Bertz CT molecular complexity index is 686. The fourth-order valence-electron chi connectivity index (χ4n) is 7.25. The highest BCUT2D eigenvalue weighted by molar-refractivity contribution is 8.00. The van der Waals surface area contributed by atoms with Crippen LogP contribution in [0.25, 0.3) is 0 Å². The molecule has 4 bridgehead atoms. The number of Topliss-reactive ketones (excluding diaryl/α,β-unsaturated/α-hetero) is 1. The van der Waals surface area contributed by atoms with Gasteiger partial charge in [-0.05, 0) is 83.0 Å². The maximum atomic E-state index is 13.6. The highest BCUT2D eigenvalue weighted by atomic mass is 32.2. The van der Waals surface area contributed by atoms with Crippen LogP contribution < -0.4 is 0 Å². The second-order valence-electron chi connectivity index (χ2n) is 10.0. The molecule has 0 aliphatic heterocycles. The maximum absolute atomic E-state index is 13.6. The first-order valence-corrected chi connectivity index (χ1v) is 12.0. The molecule has 0 spiro atoms. The minimum absolute atomic E-state index is 0.00723. The Morgan fingerprint density at radius 1 is 1.04 bits per heavy atom. The van der Waals surface area contributed by atoms with Gasteiger partial charge < -0.3 is 4.57 Å². The summed E-state index contributed by atoms with van der Waals surface area (Å²) in [5.41, 5.74) is -0.00803. The summed E-state index contributed by atoms with van der Waals surface area (Å²) >= 11 is 1.68. The Kier molecular flexibility index (Phi) is 4.65. The molecule has 0 aromatic carbocycles. The van der Waals surface area contributed by atoms with Crippen LogP contribution in [0.4, 0.5) is 0 Å². The number of ketones is 1. The molecule has 0 saturated heterocycles. The van der Waals surface area contributed by atoms with Gasteiger partial charge in [0.1, 0.15) is 5.82 Å². The normalized spacial score (nSPS) is 36.9. The van der Waals surface area contributed by atoms with Crippen molar-refractivity contribution in [1.82, 2.24) is 14.8 Å². The van der Waals surface area contributed by atoms with Crippen molar-refractivity contribution in [3.8, 4) is 0 Å². The molecule has 6 rings (SSSR count). The average Bonchev–Trinajstić information content (AvgIpc) is 3.00. The molecule has 27 heavy (non-hydrogen) atoms. The number of carbonyl (C=O) groups is 1. The molecule has 5 aliphatic rings. The Balaban J connectivity index is 1.34. The summed E-state index contributed by atoms with van der Waals surface area (Å²) in [6.45, 7) is 4.19. The number of aryl methyl sites for hydroxylation is 1. The summed E-state index contributed by atoms with van der Waals surface area (Å²) in [4.78, 5) is 13.6. The molecule has 1 aromatic rings. The summed E-state index contributed by atoms with van der Waals surface area (Å²) in [6, 6.07) is 0.526. The standard InChI is InChI=1S/C22H33N3OS/c1-14(20(26)22-11-16-8-17(12-22)10-18(9-16)13-22)27-21-24-23-15(2)25(21)19-6-4-3-5-7-19/h14,16-19H,3-13H2,1-2H3. The molecule has 1 heterocycles. The van der Waals surface area contributed by atoms with Gasteiger partial charge in [0.15, 0.2) is 10.9 Å². The largest absolute Gasteiger partial charge is 0.303 e. The summed E-state index contributed by atoms with van der Waals surface area (Å²) in [5, 5.41) is 9.83. The van der Waals surface area contributed by atoms with Crippen LogP contribution in [0.2, 0.25) is 0 Å². The predicted octanol–water partition coefficient (Wildman–Crippen LogP) is 5.36. The quantitative estimate of drug-likeness (QED) is 0.638. The first kappa shape index (κ1) is 18.2. The fourth-order valence-corrected chi connectivity index (χ4v) is 8.40. The molecular weight excluding hydrogens is 354 g/mol. The molecule has 148 valence electrons. The lowest BCUT2D eigenvalue weighted by atomic mass is 9.48. The van der Waals surface area contributed by atoms with Gasteiger partial charge in [0.25, 0.3) is 0 Å². The third-order valence-corrected chi connectivity index (χ3v) is 9.04. The number of rotatable bonds is 5. The SMILES string of the molecule is Cc1nnc(SC(C)C(=O)C23CC4CC(CC(C4)C2)C3)n1C1CCCCC1. The van der Waals surface area contributed by atoms with Crippen molar-refractivity contribution >= 4 is 17.5 Å². The summed E-state index contributed by atoms with van der Waals surface area (Å²) in [6.07, 6.45) is 14.1. The number of thioether (sulfide) groups is 1. The Hall–Kier alpha value is -0.840. The van der Waals surface area contributed by atoms with Gasteiger partial charge in [-0.2, -0.15) is 0 Å².